The smallest absolute Gasteiger partial charge is 0.186 e. The van der Waals surface area contributed by atoms with Crippen molar-refractivity contribution < 1.29 is 24.4 Å². The molecule has 0 aromatic heterocycles. The Hall–Kier alpha value is -0.200. The molecule has 1 saturated heterocycles. The van der Waals surface area contributed by atoms with Crippen LogP contribution in [0.1, 0.15) is 0 Å². The molecular formula is C7H14O5. The molecule has 0 radical (unpaired) electrons. The normalized spacial score (nSPS) is 43.0. The van der Waals surface area contributed by atoms with E-state index in [1.54, 1.807) is 0 Å². The third-order valence-electron chi connectivity index (χ3n) is 1.93. The molecule has 0 spiro atoms. The molecule has 1 aliphatic heterocycles. The Labute approximate surface area is 70.9 Å². The molecular weight excluding hydrogens is 164 g/mol. The van der Waals surface area contributed by atoms with Gasteiger partial charge in [-0.2, -0.15) is 0 Å². The van der Waals surface area contributed by atoms with Crippen LogP contribution in [0.2, 0.25) is 0 Å². The fraction of sp³-hybridized carbons (Fsp3) is 1.00. The van der Waals surface area contributed by atoms with Gasteiger partial charge in [-0.05, 0) is 0 Å². The lowest BCUT2D eigenvalue weighted by Gasteiger charge is -2.36. The van der Waals surface area contributed by atoms with Gasteiger partial charge in [-0.3, -0.25) is 0 Å². The summed E-state index contributed by atoms with van der Waals surface area (Å²) >= 11 is 0. The first kappa shape index (κ1) is 9.88. The molecule has 0 aromatic carbocycles. The molecule has 72 valence electrons. The second kappa shape index (κ2) is 4.15. The Morgan fingerprint density at radius 3 is 2.42 bits per heavy atom. The van der Waals surface area contributed by atoms with E-state index in [2.05, 4.69) is 0 Å². The number of hydrogen-bond donors (Lipinski definition) is 2. The van der Waals surface area contributed by atoms with E-state index >= 15 is 0 Å². The van der Waals surface area contributed by atoms with Crippen molar-refractivity contribution in [3.8, 4) is 0 Å². The standard InChI is InChI=1S/C7H14O5/c1-10-6-5(9)4(8)3-12-7(6)11-2/h4-9H,3H2,1-2H3/t4-,5+,6+,7+/m1/s1. The average molecular weight is 178 g/mol. The highest BCUT2D eigenvalue weighted by Crippen LogP contribution is 2.18. The number of hydrogen-bond acceptors (Lipinski definition) is 5. The molecule has 5 heteroatoms. The van der Waals surface area contributed by atoms with Gasteiger partial charge in [0.25, 0.3) is 0 Å². The minimum atomic E-state index is -0.950. The molecule has 1 fully saturated rings. The minimum absolute atomic E-state index is 0.0690. The zero-order valence-electron chi connectivity index (χ0n) is 7.14. The van der Waals surface area contributed by atoms with E-state index in [9.17, 15) is 10.2 Å². The van der Waals surface area contributed by atoms with Crippen molar-refractivity contribution in [1.29, 1.82) is 0 Å². The van der Waals surface area contributed by atoms with Crippen LogP contribution in [-0.2, 0) is 14.2 Å². The summed E-state index contributed by atoms with van der Waals surface area (Å²) in [5.74, 6) is 0. The molecule has 0 amide bonds. The van der Waals surface area contributed by atoms with Gasteiger partial charge in [0.2, 0.25) is 0 Å². The maximum absolute atomic E-state index is 9.40. The molecule has 2 N–H and O–H groups in total. The van der Waals surface area contributed by atoms with Crippen LogP contribution < -0.4 is 0 Å². The minimum Gasteiger partial charge on any atom is -0.388 e. The van der Waals surface area contributed by atoms with Gasteiger partial charge in [0.1, 0.15) is 18.3 Å². The average Bonchev–Trinajstić information content (AvgIpc) is 2.09. The van der Waals surface area contributed by atoms with Crippen LogP contribution in [-0.4, -0.2) is 55.6 Å². The zero-order valence-corrected chi connectivity index (χ0v) is 7.14. The molecule has 0 aromatic rings. The molecule has 4 atom stereocenters. The van der Waals surface area contributed by atoms with Crippen LogP contribution in [0.4, 0.5) is 0 Å². The van der Waals surface area contributed by atoms with Crippen LogP contribution in [0.15, 0.2) is 0 Å². The molecule has 1 aliphatic rings. The van der Waals surface area contributed by atoms with Gasteiger partial charge < -0.3 is 24.4 Å². The second-order valence-corrected chi connectivity index (χ2v) is 2.70. The van der Waals surface area contributed by atoms with Crippen molar-refractivity contribution in [2.45, 2.75) is 24.6 Å². The molecule has 12 heavy (non-hydrogen) atoms. The number of aliphatic hydroxyl groups is 2. The van der Waals surface area contributed by atoms with E-state index in [0.717, 1.165) is 0 Å². The van der Waals surface area contributed by atoms with Gasteiger partial charge in [-0.25, -0.2) is 0 Å². The van der Waals surface area contributed by atoms with E-state index in [0.29, 0.717) is 0 Å². The summed E-state index contributed by atoms with van der Waals surface area (Å²) < 4.78 is 14.9. The van der Waals surface area contributed by atoms with Crippen molar-refractivity contribution in [3.63, 3.8) is 0 Å². The molecule has 5 nitrogen and oxygen atoms in total. The van der Waals surface area contributed by atoms with E-state index in [-0.39, 0.29) is 6.61 Å². The second-order valence-electron chi connectivity index (χ2n) is 2.70. The topological polar surface area (TPSA) is 68.2 Å². The Kier molecular flexibility index (Phi) is 3.42. The number of ether oxygens (including phenoxy) is 3. The first-order chi connectivity index (χ1) is 5.70. The Bertz CT molecular complexity index is 138. The fourth-order valence-corrected chi connectivity index (χ4v) is 1.22. The Morgan fingerprint density at radius 2 is 1.92 bits per heavy atom. The Morgan fingerprint density at radius 1 is 1.25 bits per heavy atom. The largest absolute Gasteiger partial charge is 0.388 e. The van der Waals surface area contributed by atoms with Gasteiger partial charge in [0.15, 0.2) is 6.29 Å². The number of methoxy groups -OCH3 is 2. The maximum Gasteiger partial charge on any atom is 0.186 e. The summed E-state index contributed by atoms with van der Waals surface area (Å²) in [6.07, 6.45) is -3.08. The third kappa shape index (κ3) is 1.75. The summed E-state index contributed by atoms with van der Waals surface area (Å²) in [5, 5.41) is 18.6. The first-order valence-corrected chi connectivity index (χ1v) is 3.74. The van der Waals surface area contributed by atoms with Gasteiger partial charge >= 0.3 is 0 Å². The monoisotopic (exact) mass is 178 g/mol. The number of rotatable bonds is 2. The lowest BCUT2D eigenvalue weighted by molar-refractivity contribution is -0.268. The van der Waals surface area contributed by atoms with Crippen molar-refractivity contribution in [3.05, 3.63) is 0 Å². The van der Waals surface area contributed by atoms with E-state index < -0.39 is 24.6 Å². The summed E-state index contributed by atoms with van der Waals surface area (Å²) in [7, 11) is 2.89. The zero-order chi connectivity index (χ0) is 9.14. The van der Waals surface area contributed by atoms with Crippen LogP contribution in [0.5, 0.6) is 0 Å². The molecule has 0 aliphatic carbocycles. The molecule has 1 rings (SSSR count). The molecule has 0 bridgehead atoms. The van der Waals surface area contributed by atoms with E-state index in [1.807, 2.05) is 0 Å². The predicted molar refractivity (Wildman–Crippen MR) is 39.6 cm³/mol. The van der Waals surface area contributed by atoms with Gasteiger partial charge in [0.05, 0.1) is 6.61 Å². The highest BCUT2D eigenvalue weighted by atomic mass is 16.7. The fourth-order valence-electron chi connectivity index (χ4n) is 1.22. The highest BCUT2D eigenvalue weighted by Gasteiger charge is 2.38. The van der Waals surface area contributed by atoms with Crippen LogP contribution in [0, 0.1) is 0 Å². The molecule has 1 heterocycles. The summed E-state index contributed by atoms with van der Waals surface area (Å²) in [6.45, 7) is 0.0690. The summed E-state index contributed by atoms with van der Waals surface area (Å²) in [6, 6.07) is 0. The van der Waals surface area contributed by atoms with Crippen LogP contribution in [0.3, 0.4) is 0 Å². The van der Waals surface area contributed by atoms with Crippen molar-refractivity contribution in [2.75, 3.05) is 20.8 Å². The molecule has 0 unspecified atom stereocenters. The van der Waals surface area contributed by atoms with E-state index in [1.165, 1.54) is 14.2 Å². The van der Waals surface area contributed by atoms with Crippen molar-refractivity contribution in [2.24, 2.45) is 0 Å². The highest BCUT2D eigenvalue weighted by molar-refractivity contribution is 4.83. The van der Waals surface area contributed by atoms with Crippen LogP contribution >= 0.6 is 0 Å². The predicted octanol–water partition coefficient (Wildman–Crippen LogP) is -1.27. The maximum atomic E-state index is 9.40. The van der Waals surface area contributed by atoms with Crippen molar-refractivity contribution in [1.82, 2.24) is 0 Å². The van der Waals surface area contributed by atoms with Gasteiger partial charge in [0, 0.05) is 14.2 Å². The molecule has 0 saturated carbocycles. The Balaban J connectivity index is 2.58. The van der Waals surface area contributed by atoms with Crippen molar-refractivity contribution >= 4 is 0 Å². The summed E-state index contributed by atoms with van der Waals surface area (Å²) in [5.41, 5.74) is 0. The lowest BCUT2D eigenvalue weighted by atomic mass is 10.1. The lowest BCUT2D eigenvalue weighted by Crippen LogP contribution is -2.54. The first-order valence-electron chi connectivity index (χ1n) is 3.74. The third-order valence-corrected chi connectivity index (χ3v) is 1.93. The SMILES string of the molecule is CO[C@H]1OC[C@@H](O)[C@H](O)[C@@H]1OC. The quantitative estimate of drug-likeness (QED) is 0.551. The number of aliphatic hydroxyl groups excluding tert-OH is 2. The van der Waals surface area contributed by atoms with Gasteiger partial charge in [-0.1, -0.05) is 0 Å². The summed E-state index contributed by atoms with van der Waals surface area (Å²) in [4.78, 5) is 0. The van der Waals surface area contributed by atoms with Gasteiger partial charge in [-0.15, -0.1) is 0 Å². The van der Waals surface area contributed by atoms with Crippen LogP contribution in [0.25, 0.3) is 0 Å². The van der Waals surface area contributed by atoms with E-state index in [4.69, 9.17) is 14.2 Å².